The van der Waals surface area contributed by atoms with Gasteiger partial charge in [-0.15, -0.1) is 11.8 Å². The lowest BCUT2D eigenvalue weighted by molar-refractivity contribution is 0.215. The molecule has 2 aromatic heterocycles. The second-order valence-electron chi connectivity index (χ2n) is 10.1. The zero-order valence-corrected chi connectivity index (χ0v) is 24.1. The van der Waals surface area contributed by atoms with Gasteiger partial charge in [-0.25, -0.2) is 19.4 Å². The summed E-state index contributed by atoms with van der Waals surface area (Å²) in [7, 11) is 0. The average molecular weight is 564 g/mol. The predicted molar refractivity (Wildman–Crippen MR) is 166 cm³/mol. The molecule has 41 heavy (non-hydrogen) atoms. The average Bonchev–Trinajstić information content (AvgIpc) is 3.17. The van der Waals surface area contributed by atoms with Crippen molar-refractivity contribution in [3.05, 3.63) is 102 Å². The van der Waals surface area contributed by atoms with Gasteiger partial charge in [0.1, 0.15) is 11.6 Å². The van der Waals surface area contributed by atoms with E-state index in [0.29, 0.717) is 26.1 Å². The van der Waals surface area contributed by atoms with Gasteiger partial charge in [-0.2, -0.15) is 5.10 Å². The van der Waals surface area contributed by atoms with Gasteiger partial charge in [0.05, 0.1) is 16.8 Å². The Kier molecular flexibility index (Phi) is 7.86. The van der Waals surface area contributed by atoms with Gasteiger partial charge in [0.2, 0.25) is 0 Å². The van der Waals surface area contributed by atoms with E-state index < -0.39 is 0 Å². The topological polar surface area (TPSA) is 79.2 Å². The first-order chi connectivity index (χ1) is 20.1. The molecule has 1 aliphatic rings. The van der Waals surface area contributed by atoms with E-state index >= 15 is 0 Å². The number of nitrogens with one attached hydrogen (secondary N) is 1. The summed E-state index contributed by atoms with van der Waals surface area (Å²) in [6, 6.07) is 28.3. The molecule has 208 valence electrons. The summed E-state index contributed by atoms with van der Waals surface area (Å²) >= 11 is 1.68. The van der Waals surface area contributed by atoms with Gasteiger partial charge < -0.3 is 15.1 Å². The predicted octanol–water partition coefficient (Wildman–Crippen LogP) is 6.18. The molecule has 3 heterocycles. The first-order valence-corrected chi connectivity index (χ1v) is 15.1. The van der Waals surface area contributed by atoms with Crippen LogP contribution >= 0.6 is 11.8 Å². The highest BCUT2D eigenvalue weighted by molar-refractivity contribution is 7.98. The maximum atomic E-state index is 13.2. The molecule has 1 saturated heterocycles. The molecule has 3 aromatic carbocycles. The van der Waals surface area contributed by atoms with Gasteiger partial charge in [0.15, 0.2) is 5.65 Å². The molecule has 1 N–H and O–H groups in total. The van der Waals surface area contributed by atoms with Crippen molar-refractivity contribution in [3.8, 4) is 5.69 Å². The summed E-state index contributed by atoms with van der Waals surface area (Å²) in [5.41, 5.74) is 4.62. The Morgan fingerprint density at radius 3 is 2.34 bits per heavy atom. The fourth-order valence-corrected chi connectivity index (χ4v) is 5.66. The summed E-state index contributed by atoms with van der Waals surface area (Å²) in [6.45, 7) is 4.76. The molecule has 1 fully saturated rings. The SMILES string of the molecule is CSc1ccc(NC(=O)N2CCCN(c3nc(Cc4ccccc4)nc4c3c(C)nn4-c3ccccc3)CC2)cc1. The lowest BCUT2D eigenvalue weighted by atomic mass is 10.1. The van der Waals surface area contributed by atoms with Crippen molar-refractivity contribution in [2.24, 2.45) is 0 Å². The van der Waals surface area contributed by atoms with E-state index in [0.717, 1.165) is 58.3 Å². The number of carbonyl (C=O) groups is 1. The van der Waals surface area contributed by atoms with E-state index in [9.17, 15) is 4.79 Å². The first kappa shape index (κ1) is 26.8. The Bertz CT molecular complexity index is 1640. The van der Waals surface area contributed by atoms with Crippen LogP contribution in [0, 0.1) is 6.92 Å². The van der Waals surface area contributed by atoms with Crippen LogP contribution < -0.4 is 10.2 Å². The van der Waals surface area contributed by atoms with Crippen LogP contribution in [0.1, 0.15) is 23.5 Å². The molecule has 0 atom stereocenters. The Morgan fingerprint density at radius 1 is 0.878 bits per heavy atom. The summed E-state index contributed by atoms with van der Waals surface area (Å²) in [6.07, 6.45) is 3.51. The molecule has 0 aliphatic carbocycles. The van der Waals surface area contributed by atoms with E-state index in [1.54, 1.807) is 11.8 Å². The smallest absolute Gasteiger partial charge is 0.321 e. The molecule has 0 spiro atoms. The van der Waals surface area contributed by atoms with E-state index in [1.807, 2.05) is 95.6 Å². The summed E-state index contributed by atoms with van der Waals surface area (Å²) < 4.78 is 1.92. The molecule has 8 nitrogen and oxygen atoms in total. The number of urea groups is 1. The monoisotopic (exact) mass is 563 g/mol. The van der Waals surface area contributed by atoms with E-state index in [2.05, 4.69) is 22.3 Å². The van der Waals surface area contributed by atoms with Crippen molar-refractivity contribution in [1.82, 2.24) is 24.6 Å². The number of thioether (sulfide) groups is 1. The lowest BCUT2D eigenvalue weighted by Crippen LogP contribution is -2.38. The number of fused-ring (bicyclic) bond motifs is 1. The van der Waals surface area contributed by atoms with Crippen LogP contribution in [0.4, 0.5) is 16.3 Å². The highest BCUT2D eigenvalue weighted by Crippen LogP contribution is 2.30. The Labute approximate surface area is 244 Å². The molecule has 0 radical (unpaired) electrons. The molecular formula is C32H33N7OS. The first-order valence-electron chi connectivity index (χ1n) is 13.9. The molecule has 0 saturated carbocycles. The number of anilines is 2. The second kappa shape index (κ2) is 12.0. The van der Waals surface area contributed by atoms with Crippen LogP contribution in [0.15, 0.2) is 89.8 Å². The van der Waals surface area contributed by atoms with Crippen LogP contribution in [0.25, 0.3) is 16.7 Å². The number of para-hydroxylation sites is 1. The van der Waals surface area contributed by atoms with Crippen molar-refractivity contribution in [1.29, 1.82) is 0 Å². The maximum absolute atomic E-state index is 13.2. The van der Waals surface area contributed by atoms with E-state index in [-0.39, 0.29) is 6.03 Å². The van der Waals surface area contributed by atoms with Gasteiger partial charge in [0.25, 0.3) is 0 Å². The number of carbonyl (C=O) groups excluding carboxylic acids is 1. The van der Waals surface area contributed by atoms with Crippen molar-refractivity contribution in [2.75, 3.05) is 42.7 Å². The number of hydrogen-bond acceptors (Lipinski definition) is 6. The Morgan fingerprint density at radius 2 is 1.61 bits per heavy atom. The van der Waals surface area contributed by atoms with Crippen LogP contribution in [0.5, 0.6) is 0 Å². The fraction of sp³-hybridized carbons (Fsp3) is 0.250. The number of aryl methyl sites for hydroxylation is 1. The van der Waals surface area contributed by atoms with Crippen molar-refractivity contribution < 1.29 is 4.79 Å². The molecule has 0 unspecified atom stereocenters. The largest absolute Gasteiger partial charge is 0.354 e. The summed E-state index contributed by atoms with van der Waals surface area (Å²) in [5.74, 6) is 1.64. The van der Waals surface area contributed by atoms with Crippen molar-refractivity contribution >= 4 is 40.3 Å². The number of hydrogen-bond donors (Lipinski definition) is 1. The van der Waals surface area contributed by atoms with E-state index in [4.69, 9.17) is 15.1 Å². The van der Waals surface area contributed by atoms with Crippen LogP contribution in [-0.2, 0) is 6.42 Å². The fourth-order valence-electron chi connectivity index (χ4n) is 5.25. The standard InChI is InChI=1S/C32H33N7OS/c1-23-29-30(37-18-9-19-38(21-20-37)32(40)33-25-14-16-27(41-2)17-15-25)34-28(22-24-10-5-3-6-11-24)35-31(29)39(36-23)26-12-7-4-8-13-26/h3-8,10-17H,9,18-22H2,1-2H3,(H,33,40). The minimum atomic E-state index is -0.0746. The molecule has 2 amide bonds. The van der Waals surface area contributed by atoms with Crippen LogP contribution in [-0.4, -0.2) is 63.1 Å². The summed E-state index contributed by atoms with van der Waals surface area (Å²) in [4.78, 5) is 28.7. The minimum Gasteiger partial charge on any atom is -0.354 e. The number of aromatic nitrogens is 4. The third kappa shape index (κ3) is 5.90. The zero-order chi connectivity index (χ0) is 28.2. The molecule has 5 aromatic rings. The van der Waals surface area contributed by atoms with Gasteiger partial charge >= 0.3 is 6.03 Å². The Balaban J connectivity index is 1.30. The Hall–Kier alpha value is -4.37. The molecule has 1 aliphatic heterocycles. The normalized spacial score (nSPS) is 13.8. The number of benzene rings is 3. The second-order valence-corrected chi connectivity index (χ2v) is 11.0. The minimum absolute atomic E-state index is 0.0746. The third-order valence-corrected chi connectivity index (χ3v) is 8.10. The van der Waals surface area contributed by atoms with Crippen LogP contribution in [0.2, 0.25) is 0 Å². The zero-order valence-electron chi connectivity index (χ0n) is 23.3. The van der Waals surface area contributed by atoms with E-state index in [1.165, 1.54) is 4.90 Å². The molecule has 6 rings (SSSR count). The van der Waals surface area contributed by atoms with Gasteiger partial charge in [-0.05, 0) is 61.6 Å². The van der Waals surface area contributed by atoms with Crippen LogP contribution in [0.3, 0.4) is 0 Å². The van der Waals surface area contributed by atoms with Crippen molar-refractivity contribution in [3.63, 3.8) is 0 Å². The number of rotatable bonds is 6. The third-order valence-electron chi connectivity index (χ3n) is 7.36. The van der Waals surface area contributed by atoms with Crippen molar-refractivity contribution in [2.45, 2.75) is 24.7 Å². The molecule has 9 heteroatoms. The quantitative estimate of drug-likeness (QED) is 0.249. The maximum Gasteiger partial charge on any atom is 0.321 e. The molecule has 0 bridgehead atoms. The highest BCUT2D eigenvalue weighted by atomic mass is 32.2. The summed E-state index contributed by atoms with van der Waals surface area (Å²) in [5, 5.41) is 8.92. The van der Waals surface area contributed by atoms with Gasteiger partial charge in [-0.3, -0.25) is 0 Å². The van der Waals surface area contributed by atoms with Gasteiger partial charge in [-0.1, -0.05) is 48.5 Å². The highest BCUT2D eigenvalue weighted by Gasteiger charge is 2.25. The lowest BCUT2D eigenvalue weighted by Gasteiger charge is -2.24. The van der Waals surface area contributed by atoms with Gasteiger partial charge in [0, 0.05) is 43.2 Å². The number of amides is 2. The number of nitrogens with zero attached hydrogens (tertiary/aromatic N) is 6. The molecular weight excluding hydrogens is 530 g/mol.